The van der Waals surface area contributed by atoms with Crippen LogP contribution >= 0.6 is 15.9 Å². The van der Waals surface area contributed by atoms with Crippen molar-refractivity contribution in [2.45, 2.75) is 11.8 Å². The lowest BCUT2D eigenvalue weighted by molar-refractivity contribution is -0.144. The van der Waals surface area contributed by atoms with Crippen molar-refractivity contribution in [3.05, 3.63) is 28.7 Å². The molecule has 1 aromatic rings. The Bertz CT molecular complexity index is 510. The Morgan fingerprint density at radius 1 is 1.41 bits per heavy atom. The van der Waals surface area contributed by atoms with Gasteiger partial charge in [-0.05, 0) is 28.1 Å². The molecule has 17 heavy (non-hydrogen) atoms. The molecule has 1 unspecified atom stereocenters. The molecule has 0 radical (unpaired) electrons. The number of methoxy groups -OCH3 is 1. The number of ether oxygens (including phenoxy) is 1. The Morgan fingerprint density at radius 3 is 2.53 bits per heavy atom. The molecular formula is C11H13BrO4S. The molecule has 0 aliphatic rings. The molecule has 0 fully saturated rings. The Kier molecular flexibility index (Phi) is 4.70. The first kappa shape index (κ1) is 14.2. The number of halogens is 1. The zero-order valence-corrected chi connectivity index (χ0v) is 11.9. The highest BCUT2D eigenvalue weighted by molar-refractivity contribution is 9.10. The van der Waals surface area contributed by atoms with E-state index in [-0.39, 0.29) is 10.6 Å². The topological polar surface area (TPSA) is 60.4 Å². The standard InChI is InChI=1S/C11H13BrO4S/c1-8(11(13)16-2)7-17(14,15)10-6-4-3-5-9(10)12/h3-6,8H,7H2,1-2H3. The molecule has 0 saturated heterocycles. The summed E-state index contributed by atoms with van der Waals surface area (Å²) < 4.78 is 29.1. The molecule has 0 saturated carbocycles. The summed E-state index contributed by atoms with van der Waals surface area (Å²) in [5, 5.41) is 0. The van der Waals surface area contributed by atoms with E-state index in [1.54, 1.807) is 18.2 Å². The highest BCUT2D eigenvalue weighted by atomic mass is 79.9. The van der Waals surface area contributed by atoms with Crippen molar-refractivity contribution in [1.82, 2.24) is 0 Å². The quantitative estimate of drug-likeness (QED) is 0.796. The van der Waals surface area contributed by atoms with Crippen molar-refractivity contribution in [3.63, 3.8) is 0 Å². The van der Waals surface area contributed by atoms with Crippen molar-refractivity contribution in [2.24, 2.45) is 5.92 Å². The molecule has 0 N–H and O–H groups in total. The van der Waals surface area contributed by atoms with Crippen molar-refractivity contribution in [1.29, 1.82) is 0 Å². The van der Waals surface area contributed by atoms with Crippen LogP contribution in [0.2, 0.25) is 0 Å². The summed E-state index contributed by atoms with van der Waals surface area (Å²) in [6.45, 7) is 1.53. The van der Waals surface area contributed by atoms with E-state index in [1.165, 1.54) is 20.1 Å². The highest BCUT2D eigenvalue weighted by Crippen LogP contribution is 2.23. The zero-order chi connectivity index (χ0) is 13.1. The first-order chi connectivity index (χ1) is 7.88. The number of rotatable bonds is 4. The summed E-state index contributed by atoms with van der Waals surface area (Å²) >= 11 is 3.18. The van der Waals surface area contributed by atoms with Crippen LogP contribution in [0.1, 0.15) is 6.92 Å². The Hall–Kier alpha value is -0.880. The summed E-state index contributed by atoms with van der Waals surface area (Å²) in [6, 6.07) is 6.52. The van der Waals surface area contributed by atoms with Crippen LogP contribution in [0.25, 0.3) is 0 Å². The van der Waals surface area contributed by atoms with Gasteiger partial charge >= 0.3 is 5.97 Å². The number of benzene rings is 1. The Morgan fingerprint density at radius 2 is 2.00 bits per heavy atom. The van der Waals surface area contributed by atoms with Gasteiger partial charge in [-0.25, -0.2) is 8.42 Å². The van der Waals surface area contributed by atoms with E-state index in [1.807, 2.05) is 0 Å². The summed E-state index contributed by atoms with van der Waals surface area (Å²) in [7, 11) is -2.25. The zero-order valence-electron chi connectivity index (χ0n) is 9.51. The van der Waals surface area contributed by atoms with Gasteiger partial charge in [0.25, 0.3) is 0 Å². The third-order valence-electron chi connectivity index (χ3n) is 2.24. The second-order valence-electron chi connectivity index (χ2n) is 3.64. The molecule has 0 aliphatic carbocycles. The molecule has 94 valence electrons. The van der Waals surface area contributed by atoms with Gasteiger partial charge in [-0.3, -0.25) is 4.79 Å². The number of hydrogen-bond acceptors (Lipinski definition) is 4. The second kappa shape index (κ2) is 5.64. The first-order valence-electron chi connectivity index (χ1n) is 4.93. The number of carbonyl (C=O) groups is 1. The lowest BCUT2D eigenvalue weighted by Crippen LogP contribution is -2.22. The maximum atomic E-state index is 12.0. The van der Waals surface area contributed by atoms with Gasteiger partial charge in [-0.1, -0.05) is 19.1 Å². The normalized spacial score (nSPS) is 13.1. The van der Waals surface area contributed by atoms with Crippen molar-refractivity contribution in [2.75, 3.05) is 12.9 Å². The van der Waals surface area contributed by atoms with Crippen LogP contribution in [-0.4, -0.2) is 27.2 Å². The molecule has 6 heteroatoms. The van der Waals surface area contributed by atoms with Crippen LogP contribution in [0.15, 0.2) is 33.6 Å². The van der Waals surface area contributed by atoms with E-state index in [2.05, 4.69) is 20.7 Å². The van der Waals surface area contributed by atoms with Gasteiger partial charge in [-0.15, -0.1) is 0 Å². The average Bonchev–Trinajstić information content (AvgIpc) is 2.27. The Labute approximate surface area is 109 Å². The number of hydrogen-bond donors (Lipinski definition) is 0. The third-order valence-corrected chi connectivity index (χ3v) is 5.16. The van der Waals surface area contributed by atoms with Crippen LogP contribution < -0.4 is 0 Å². The van der Waals surface area contributed by atoms with Gasteiger partial charge in [0.15, 0.2) is 9.84 Å². The maximum absolute atomic E-state index is 12.0. The van der Waals surface area contributed by atoms with Gasteiger partial charge in [0.05, 0.1) is 23.7 Å². The summed E-state index contributed by atoms with van der Waals surface area (Å²) in [6.07, 6.45) is 0. The van der Waals surface area contributed by atoms with E-state index in [0.29, 0.717) is 4.47 Å². The fourth-order valence-electron chi connectivity index (χ4n) is 1.39. The lowest BCUT2D eigenvalue weighted by atomic mass is 10.2. The van der Waals surface area contributed by atoms with E-state index in [0.717, 1.165) is 0 Å². The number of esters is 1. The van der Waals surface area contributed by atoms with E-state index >= 15 is 0 Å². The van der Waals surface area contributed by atoms with Crippen molar-refractivity contribution >= 4 is 31.7 Å². The van der Waals surface area contributed by atoms with E-state index in [4.69, 9.17) is 0 Å². The van der Waals surface area contributed by atoms with Gasteiger partial charge < -0.3 is 4.74 Å². The Balaban J connectivity index is 2.98. The predicted molar refractivity (Wildman–Crippen MR) is 67.4 cm³/mol. The molecule has 0 heterocycles. The fraction of sp³-hybridized carbons (Fsp3) is 0.364. The minimum absolute atomic E-state index is 0.191. The molecule has 1 rings (SSSR count). The summed E-state index contributed by atoms with van der Waals surface area (Å²) in [4.78, 5) is 11.4. The summed E-state index contributed by atoms with van der Waals surface area (Å²) in [5.74, 6) is -1.47. The molecule has 0 amide bonds. The third kappa shape index (κ3) is 3.54. The molecule has 0 spiro atoms. The summed E-state index contributed by atoms with van der Waals surface area (Å²) in [5.41, 5.74) is 0. The molecule has 1 atom stereocenters. The van der Waals surface area contributed by atoms with E-state index in [9.17, 15) is 13.2 Å². The van der Waals surface area contributed by atoms with Crippen LogP contribution in [0, 0.1) is 5.92 Å². The number of sulfone groups is 1. The molecule has 1 aromatic carbocycles. The number of carbonyl (C=O) groups excluding carboxylic acids is 1. The van der Waals surface area contributed by atoms with Crippen molar-refractivity contribution in [3.8, 4) is 0 Å². The fourth-order valence-corrected chi connectivity index (χ4v) is 4.03. The van der Waals surface area contributed by atoms with Crippen LogP contribution in [0.5, 0.6) is 0 Å². The highest BCUT2D eigenvalue weighted by Gasteiger charge is 2.25. The van der Waals surface area contributed by atoms with E-state index < -0.39 is 21.7 Å². The SMILES string of the molecule is COC(=O)C(C)CS(=O)(=O)c1ccccc1Br. The molecule has 0 bridgehead atoms. The molecule has 0 aromatic heterocycles. The van der Waals surface area contributed by atoms with Gasteiger partial charge in [0.2, 0.25) is 0 Å². The monoisotopic (exact) mass is 320 g/mol. The molecule has 4 nitrogen and oxygen atoms in total. The van der Waals surface area contributed by atoms with Gasteiger partial charge in [0.1, 0.15) is 0 Å². The van der Waals surface area contributed by atoms with Gasteiger partial charge in [-0.2, -0.15) is 0 Å². The lowest BCUT2D eigenvalue weighted by Gasteiger charge is -2.10. The first-order valence-corrected chi connectivity index (χ1v) is 7.38. The largest absolute Gasteiger partial charge is 0.469 e. The predicted octanol–water partition coefficient (Wildman–Crippen LogP) is 2.03. The average molecular weight is 321 g/mol. The van der Waals surface area contributed by atoms with Crippen molar-refractivity contribution < 1.29 is 17.9 Å². The molecular weight excluding hydrogens is 308 g/mol. The van der Waals surface area contributed by atoms with Crippen LogP contribution in [-0.2, 0) is 19.4 Å². The second-order valence-corrected chi connectivity index (χ2v) is 6.49. The smallest absolute Gasteiger partial charge is 0.309 e. The van der Waals surface area contributed by atoms with Gasteiger partial charge in [0, 0.05) is 4.47 Å². The minimum atomic E-state index is -3.49. The maximum Gasteiger partial charge on any atom is 0.309 e. The van der Waals surface area contributed by atoms with Crippen LogP contribution in [0.3, 0.4) is 0 Å². The molecule has 0 aliphatic heterocycles. The minimum Gasteiger partial charge on any atom is -0.469 e. The van der Waals surface area contributed by atoms with Crippen LogP contribution in [0.4, 0.5) is 0 Å².